The average Bonchev–Trinajstić information content (AvgIpc) is 2.98. The molecular formula is C31H31N3O3. The second kappa shape index (κ2) is 11.3. The molecule has 1 amide bonds. The molecule has 1 fully saturated rings. The first-order valence-electron chi connectivity index (χ1n) is 12.5. The van der Waals surface area contributed by atoms with Gasteiger partial charge in [0.25, 0.3) is 0 Å². The lowest BCUT2D eigenvalue weighted by molar-refractivity contribution is -0.121. The molecule has 1 atom stereocenters. The van der Waals surface area contributed by atoms with Crippen LogP contribution in [0.1, 0.15) is 28.8 Å². The molecule has 6 heteroatoms. The van der Waals surface area contributed by atoms with E-state index in [1.165, 1.54) is 11.1 Å². The highest BCUT2D eigenvalue weighted by atomic mass is 16.5. The summed E-state index contributed by atoms with van der Waals surface area (Å²) >= 11 is 0. The normalized spacial score (nSPS) is 16.0. The summed E-state index contributed by atoms with van der Waals surface area (Å²) in [6.07, 6.45) is 0.940. The van der Waals surface area contributed by atoms with Crippen LogP contribution < -0.4 is 9.47 Å². The Bertz CT molecular complexity index is 1270. The Labute approximate surface area is 218 Å². The molecule has 1 aliphatic heterocycles. The van der Waals surface area contributed by atoms with Crippen molar-refractivity contribution < 1.29 is 14.3 Å². The van der Waals surface area contributed by atoms with Crippen LogP contribution in [-0.4, -0.2) is 55.0 Å². The van der Waals surface area contributed by atoms with Crippen LogP contribution in [0.15, 0.2) is 97.1 Å². The Morgan fingerprint density at radius 2 is 1.46 bits per heavy atom. The molecule has 1 aromatic heterocycles. The standard InChI is InChI=1S/C31H31N3O3/c1-36-26-15-13-23(14-16-26)28-18-17-27(31(32-28)37-2)29-21-33(22-35)19-20-34(29)30(24-9-5-3-6-10-24)25-11-7-4-8-12-25/h3-18,22,29-30H,19-21H2,1-2H3. The zero-order valence-electron chi connectivity index (χ0n) is 21.2. The molecule has 2 heterocycles. The van der Waals surface area contributed by atoms with Crippen molar-refractivity contribution in [1.29, 1.82) is 0 Å². The van der Waals surface area contributed by atoms with E-state index < -0.39 is 0 Å². The van der Waals surface area contributed by atoms with Gasteiger partial charge in [-0.1, -0.05) is 60.7 Å². The van der Waals surface area contributed by atoms with E-state index in [0.29, 0.717) is 19.0 Å². The number of carbonyl (C=O) groups is 1. The van der Waals surface area contributed by atoms with Crippen LogP contribution in [0.5, 0.6) is 11.6 Å². The van der Waals surface area contributed by atoms with Crippen molar-refractivity contribution in [3.8, 4) is 22.9 Å². The molecule has 0 aliphatic carbocycles. The molecule has 3 aromatic carbocycles. The Hall–Kier alpha value is -4.16. The molecular weight excluding hydrogens is 462 g/mol. The Balaban J connectivity index is 1.57. The third kappa shape index (κ3) is 5.20. The number of ether oxygens (including phenoxy) is 2. The first-order valence-corrected chi connectivity index (χ1v) is 12.5. The fraction of sp³-hybridized carbons (Fsp3) is 0.226. The fourth-order valence-corrected chi connectivity index (χ4v) is 5.14. The van der Waals surface area contributed by atoms with Crippen LogP contribution in [-0.2, 0) is 4.79 Å². The Kier molecular flexibility index (Phi) is 7.47. The predicted molar refractivity (Wildman–Crippen MR) is 145 cm³/mol. The molecule has 37 heavy (non-hydrogen) atoms. The van der Waals surface area contributed by atoms with Gasteiger partial charge < -0.3 is 14.4 Å². The molecule has 5 rings (SSSR count). The Morgan fingerprint density at radius 3 is 2.03 bits per heavy atom. The van der Waals surface area contributed by atoms with Gasteiger partial charge in [-0.25, -0.2) is 4.98 Å². The fourth-order valence-electron chi connectivity index (χ4n) is 5.14. The van der Waals surface area contributed by atoms with E-state index in [-0.39, 0.29) is 12.1 Å². The van der Waals surface area contributed by atoms with Crippen LogP contribution in [0.4, 0.5) is 0 Å². The summed E-state index contributed by atoms with van der Waals surface area (Å²) < 4.78 is 11.1. The number of methoxy groups -OCH3 is 2. The van der Waals surface area contributed by atoms with Gasteiger partial charge >= 0.3 is 0 Å². The van der Waals surface area contributed by atoms with E-state index in [2.05, 4.69) is 59.5 Å². The predicted octanol–water partition coefficient (Wildman–Crippen LogP) is 5.37. The van der Waals surface area contributed by atoms with Gasteiger partial charge in [0, 0.05) is 30.8 Å². The number of nitrogens with zero attached hydrogens (tertiary/aromatic N) is 3. The van der Waals surface area contributed by atoms with Gasteiger partial charge in [0.1, 0.15) is 5.75 Å². The van der Waals surface area contributed by atoms with Gasteiger partial charge in [-0.05, 0) is 47.5 Å². The van der Waals surface area contributed by atoms with Gasteiger partial charge in [-0.15, -0.1) is 0 Å². The zero-order chi connectivity index (χ0) is 25.6. The minimum absolute atomic E-state index is 0.0205. The summed E-state index contributed by atoms with van der Waals surface area (Å²) in [6, 6.07) is 32.9. The largest absolute Gasteiger partial charge is 0.497 e. The quantitative estimate of drug-likeness (QED) is 0.309. The van der Waals surface area contributed by atoms with Crippen molar-refractivity contribution in [3.63, 3.8) is 0 Å². The van der Waals surface area contributed by atoms with Crippen molar-refractivity contribution >= 4 is 6.41 Å². The number of benzene rings is 3. The van der Waals surface area contributed by atoms with Crippen LogP contribution >= 0.6 is 0 Å². The van der Waals surface area contributed by atoms with Crippen molar-refractivity contribution in [2.45, 2.75) is 12.1 Å². The number of rotatable bonds is 8. The minimum Gasteiger partial charge on any atom is -0.497 e. The number of pyridine rings is 1. The first kappa shape index (κ1) is 24.5. The number of hydrogen-bond acceptors (Lipinski definition) is 5. The van der Waals surface area contributed by atoms with E-state index >= 15 is 0 Å². The van der Waals surface area contributed by atoms with Crippen LogP contribution in [0.25, 0.3) is 11.3 Å². The molecule has 188 valence electrons. The molecule has 0 radical (unpaired) electrons. The maximum absolute atomic E-state index is 11.8. The molecule has 0 spiro atoms. The lowest BCUT2D eigenvalue weighted by atomic mass is 9.92. The van der Waals surface area contributed by atoms with E-state index in [1.807, 2.05) is 47.4 Å². The third-order valence-corrected chi connectivity index (χ3v) is 6.99. The smallest absolute Gasteiger partial charge is 0.218 e. The van der Waals surface area contributed by atoms with Crippen molar-refractivity contribution in [1.82, 2.24) is 14.8 Å². The van der Waals surface area contributed by atoms with Gasteiger partial charge in [-0.3, -0.25) is 9.69 Å². The number of carbonyl (C=O) groups excluding carboxylic acids is 1. The number of amides is 1. The van der Waals surface area contributed by atoms with Crippen LogP contribution in [0, 0.1) is 0 Å². The van der Waals surface area contributed by atoms with E-state index in [4.69, 9.17) is 14.5 Å². The molecule has 4 aromatic rings. The SMILES string of the molecule is COc1ccc(-c2ccc(C3CN(C=O)CCN3C(c3ccccc3)c3ccccc3)c(OC)n2)cc1. The maximum atomic E-state index is 11.8. The van der Waals surface area contributed by atoms with Gasteiger partial charge in [-0.2, -0.15) is 0 Å². The monoisotopic (exact) mass is 493 g/mol. The molecule has 1 aliphatic rings. The van der Waals surface area contributed by atoms with Crippen molar-refractivity contribution in [2.75, 3.05) is 33.9 Å². The molecule has 0 N–H and O–H groups in total. The lowest BCUT2D eigenvalue weighted by Crippen LogP contribution is -2.49. The molecule has 1 unspecified atom stereocenters. The number of hydrogen-bond donors (Lipinski definition) is 0. The summed E-state index contributed by atoms with van der Waals surface area (Å²) in [7, 11) is 3.31. The van der Waals surface area contributed by atoms with E-state index in [9.17, 15) is 4.79 Å². The minimum atomic E-state index is -0.100. The molecule has 0 bridgehead atoms. The summed E-state index contributed by atoms with van der Waals surface area (Å²) in [5.74, 6) is 1.36. The van der Waals surface area contributed by atoms with Gasteiger partial charge in [0.15, 0.2) is 0 Å². The highest BCUT2D eigenvalue weighted by molar-refractivity contribution is 5.61. The third-order valence-electron chi connectivity index (χ3n) is 6.99. The molecule has 0 saturated carbocycles. The van der Waals surface area contributed by atoms with Crippen molar-refractivity contribution in [3.05, 3.63) is 114 Å². The summed E-state index contributed by atoms with van der Waals surface area (Å²) in [6.45, 7) is 1.94. The van der Waals surface area contributed by atoms with Crippen LogP contribution in [0.3, 0.4) is 0 Å². The van der Waals surface area contributed by atoms with E-state index in [1.54, 1.807) is 14.2 Å². The topological polar surface area (TPSA) is 54.9 Å². The second-order valence-electron chi connectivity index (χ2n) is 9.10. The van der Waals surface area contributed by atoms with Crippen molar-refractivity contribution in [2.24, 2.45) is 0 Å². The number of piperazine rings is 1. The van der Waals surface area contributed by atoms with E-state index in [0.717, 1.165) is 35.5 Å². The summed E-state index contributed by atoms with van der Waals surface area (Å²) in [5.41, 5.74) is 5.18. The van der Waals surface area contributed by atoms with Crippen LogP contribution in [0.2, 0.25) is 0 Å². The zero-order valence-corrected chi connectivity index (χ0v) is 21.2. The summed E-state index contributed by atoms with van der Waals surface area (Å²) in [5, 5.41) is 0. The second-order valence-corrected chi connectivity index (χ2v) is 9.10. The Morgan fingerprint density at radius 1 is 0.811 bits per heavy atom. The highest BCUT2D eigenvalue weighted by Gasteiger charge is 2.36. The lowest BCUT2D eigenvalue weighted by Gasteiger charge is -2.45. The number of aromatic nitrogens is 1. The van der Waals surface area contributed by atoms with Gasteiger partial charge in [0.2, 0.25) is 12.3 Å². The molecule has 1 saturated heterocycles. The van der Waals surface area contributed by atoms with Gasteiger partial charge in [0.05, 0.1) is 32.0 Å². The maximum Gasteiger partial charge on any atom is 0.218 e. The highest BCUT2D eigenvalue weighted by Crippen LogP contribution is 2.40. The average molecular weight is 494 g/mol. The first-order chi connectivity index (χ1) is 18.2. The summed E-state index contributed by atoms with van der Waals surface area (Å²) in [4.78, 5) is 21.0. The molecule has 6 nitrogen and oxygen atoms in total.